The maximum absolute atomic E-state index is 10.7. The minimum absolute atomic E-state index is 0.564. The van der Waals surface area contributed by atoms with Gasteiger partial charge < -0.3 is 10.4 Å². The van der Waals surface area contributed by atoms with E-state index < -0.39 is 12.0 Å². The van der Waals surface area contributed by atoms with Crippen molar-refractivity contribution in [3.05, 3.63) is 12.2 Å². The smallest absolute Gasteiger partial charge is 0.324 e. The van der Waals surface area contributed by atoms with Crippen LogP contribution in [0.1, 0.15) is 19.8 Å². The number of carboxylic acid groups (broad SMARTS) is 1. The molecule has 1 atom stereocenters. The molecule has 1 unspecified atom stereocenters. The number of hydrogen-bond acceptors (Lipinski definition) is 2. The zero-order valence-corrected chi connectivity index (χ0v) is 7.34. The summed E-state index contributed by atoms with van der Waals surface area (Å²) in [4.78, 5) is 10.7. The molecule has 68 valence electrons. The summed E-state index contributed by atoms with van der Waals surface area (Å²) in [5.74, 6) is -0.130. The minimum atomic E-state index is -0.830. The van der Waals surface area contributed by atoms with Gasteiger partial charge in [0, 0.05) is 0 Å². The van der Waals surface area contributed by atoms with Gasteiger partial charge in [-0.15, -0.1) is 0 Å². The molecule has 1 aliphatic rings. The molecule has 1 aliphatic carbocycles. The van der Waals surface area contributed by atoms with Gasteiger partial charge in [-0.05, 0) is 32.2 Å². The van der Waals surface area contributed by atoms with Gasteiger partial charge >= 0.3 is 5.97 Å². The highest BCUT2D eigenvalue weighted by Crippen LogP contribution is 2.27. The molecule has 0 saturated heterocycles. The van der Waals surface area contributed by atoms with E-state index in [-0.39, 0.29) is 0 Å². The van der Waals surface area contributed by atoms with E-state index in [4.69, 9.17) is 5.11 Å². The normalized spacial score (nSPS) is 18.8. The van der Waals surface area contributed by atoms with E-state index in [0.717, 1.165) is 6.54 Å². The van der Waals surface area contributed by atoms with Crippen molar-refractivity contribution < 1.29 is 9.90 Å². The van der Waals surface area contributed by atoms with Gasteiger partial charge in [0.15, 0.2) is 0 Å². The number of aliphatic carboxylic acids is 1. The molecule has 0 aliphatic heterocycles. The molecular formula is C9H15NO2. The summed E-state index contributed by atoms with van der Waals surface area (Å²) in [5, 5.41) is 11.7. The molecule has 3 nitrogen and oxygen atoms in total. The van der Waals surface area contributed by atoms with Crippen LogP contribution in [-0.2, 0) is 4.79 Å². The van der Waals surface area contributed by atoms with Crippen molar-refractivity contribution in [3.63, 3.8) is 0 Å². The van der Waals surface area contributed by atoms with Crippen LogP contribution in [0.3, 0.4) is 0 Å². The molecule has 1 saturated carbocycles. The SMILES string of the molecule is C=C(C)C(NCC1CC1)C(=O)O. The van der Waals surface area contributed by atoms with Crippen molar-refractivity contribution in [2.24, 2.45) is 5.92 Å². The summed E-state index contributed by atoms with van der Waals surface area (Å²) in [6.45, 7) is 6.18. The summed E-state index contributed by atoms with van der Waals surface area (Å²) < 4.78 is 0. The third-order valence-corrected chi connectivity index (χ3v) is 2.05. The summed E-state index contributed by atoms with van der Waals surface area (Å²) >= 11 is 0. The number of rotatable bonds is 5. The second-order valence-electron chi connectivity index (χ2n) is 3.47. The van der Waals surface area contributed by atoms with Crippen LogP contribution in [0, 0.1) is 5.92 Å². The largest absolute Gasteiger partial charge is 0.480 e. The van der Waals surface area contributed by atoms with Crippen LogP contribution in [0.15, 0.2) is 12.2 Å². The average Bonchev–Trinajstić information content (AvgIpc) is 2.69. The molecule has 2 N–H and O–H groups in total. The first-order valence-corrected chi connectivity index (χ1v) is 4.23. The van der Waals surface area contributed by atoms with Crippen molar-refractivity contribution >= 4 is 5.97 Å². The number of carbonyl (C=O) groups is 1. The Kier molecular flexibility index (Phi) is 2.87. The van der Waals surface area contributed by atoms with E-state index in [1.807, 2.05) is 0 Å². The molecule has 0 spiro atoms. The maximum Gasteiger partial charge on any atom is 0.324 e. The summed E-state index contributed by atoms with van der Waals surface area (Å²) in [7, 11) is 0. The van der Waals surface area contributed by atoms with Gasteiger partial charge in [-0.2, -0.15) is 0 Å². The van der Waals surface area contributed by atoms with Crippen molar-refractivity contribution in [1.82, 2.24) is 5.32 Å². The van der Waals surface area contributed by atoms with Crippen molar-refractivity contribution in [3.8, 4) is 0 Å². The Balaban J connectivity index is 2.31. The Morgan fingerprint density at radius 1 is 1.75 bits per heavy atom. The van der Waals surface area contributed by atoms with Gasteiger partial charge in [-0.1, -0.05) is 12.2 Å². The van der Waals surface area contributed by atoms with Gasteiger partial charge in [0.2, 0.25) is 0 Å². The highest BCUT2D eigenvalue weighted by atomic mass is 16.4. The van der Waals surface area contributed by atoms with Gasteiger partial charge in [-0.25, -0.2) is 0 Å². The zero-order chi connectivity index (χ0) is 9.14. The van der Waals surface area contributed by atoms with Gasteiger partial charge in [0.25, 0.3) is 0 Å². The molecule has 0 aromatic rings. The van der Waals surface area contributed by atoms with Crippen LogP contribution in [0.2, 0.25) is 0 Å². The van der Waals surface area contributed by atoms with Gasteiger partial charge in [0.05, 0.1) is 0 Å². The second kappa shape index (κ2) is 3.72. The van der Waals surface area contributed by atoms with Crippen LogP contribution in [-0.4, -0.2) is 23.7 Å². The lowest BCUT2D eigenvalue weighted by Gasteiger charge is -2.13. The lowest BCUT2D eigenvalue weighted by Crippen LogP contribution is -2.38. The highest BCUT2D eigenvalue weighted by Gasteiger charge is 2.24. The molecule has 0 heterocycles. The molecule has 1 fully saturated rings. The summed E-state index contributed by atoms with van der Waals surface area (Å²) in [6, 6.07) is -0.564. The summed E-state index contributed by atoms with van der Waals surface area (Å²) in [5.41, 5.74) is 0.670. The fraction of sp³-hybridized carbons (Fsp3) is 0.667. The molecular weight excluding hydrogens is 154 g/mol. The summed E-state index contributed by atoms with van der Waals surface area (Å²) in [6.07, 6.45) is 2.46. The number of carboxylic acids is 1. The van der Waals surface area contributed by atoms with E-state index in [1.165, 1.54) is 12.8 Å². The zero-order valence-electron chi connectivity index (χ0n) is 7.34. The molecule has 12 heavy (non-hydrogen) atoms. The van der Waals surface area contributed by atoms with Crippen molar-refractivity contribution in [2.75, 3.05) is 6.54 Å². The van der Waals surface area contributed by atoms with E-state index in [1.54, 1.807) is 6.92 Å². The van der Waals surface area contributed by atoms with E-state index in [0.29, 0.717) is 11.5 Å². The van der Waals surface area contributed by atoms with Crippen LogP contribution >= 0.6 is 0 Å². The van der Waals surface area contributed by atoms with Crippen molar-refractivity contribution in [2.45, 2.75) is 25.8 Å². The molecule has 0 amide bonds. The molecule has 3 heteroatoms. The topological polar surface area (TPSA) is 49.3 Å². The average molecular weight is 169 g/mol. The Labute approximate surface area is 72.5 Å². The maximum atomic E-state index is 10.7. The molecule has 0 bridgehead atoms. The van der Waals surface area contributed by atoms with Crippen LogP contribution < -0.4 is 5.32 Å². The Bertz CT molecular complexity index is 183. The molecule has 1 rings (SSSR count). The first-order chi connectivity index (χ1) is 5.61. The van der Waals surface area contributed by atoms with Crippen molar-refractivity contribution in [1.29, 1.82) is 0 Å². The lowest BCUT2D eigenvalue weighted by atomic mass is 10.1. The fourth-order valence-corrected chi connectivity index (χ4v) is 1.08. The Morgan fingerprint density at radius 3 is 2.67 bits per heavy atom. The first kappa shape index (κ1) is 9.26. The third-order valence-electron chi connectivity index (χ3n) is 2.05. The van der Waals surface area contributed by atoms with Crippen LogP contribution in [0.4, 0.5) is 0 Å². The highest BCUT2D eigenvalue weighted by molar-refractivity contribution is 5.77. The Morgan fingerprint density at radius 2 is 2.33 bits per heavy atom. The van der Waals surface area contributed by atoms with Gasteiger partial charge in [-0.3, -0.25) is 4.79 Å². The quantitative estimate of drug-likeness (QED) is 0.604. The van der Waals surface area contributed by atoms with Crippen LogP contribution in [0.5, 0.6) is 0 Å². The van der Waals surface area contributed by atoms with E-state index in [9.17, 15) is 4.79 Å². The standard InChI is InChI=1S/C9H15NO2/c1-6(2)8(9(11)12)10-5-7-3-4-7/h7-8,10H,1,3-5H2,2H3,(H,11,12). The first-order valence-electron chi connectivity index (χ1n) is 4.23. The number of nitrogens with one attached hydrogen (secondary N) is 1. The van der Waals surface area contributed by atoms with E-state index in [2.05, 4.69) is 11.9 Å². The van der Waals surface area contributed by atoms with E-state index >= 15 is 0 Å². The monoisotopic (exact) mass is 169 g/mol. The van der Waals surface area contributed by atoms with Crippen LogP contribution in [0.25, 0.3) is 0 Å². The number of hydrogen-bond donors (Lipinski definition) is 2. The predicted octanol–water partition coefficient (Wildman–Crippen LogP) is 1.02. The molecule has 0 aromatic carbocycles. The van der Waals surface area contributed by atoms with Gasteiger partial charge in [0.1, 0.15) is 6.04 Å². The predicted molar refractivity (Wildman–Crippen MR) is 47.0 cm³/mol. The molecule has 0 aromatic heterocycles. The third kappa shape index (κ3) is 2.66. The second-order valence-corrected chi connectivity index (χ2v) is 3.47. The fourth-order valence-electron chi connectivity index (χ4n) is 1.08. The lowest BCUT2D eigenvalue weighted by molar-refractivity contribution is -0.138. The minimum Gasteiger partial charge on any atom is -0.480 e. The Hall–Kier alpha value is -0.830. The molecule has 0 radical (unpaired) electrons.